The van der Waals surface area contributed by atoms with Crippen molar-refractivity contribution in [1.29, 1.82) is 5.26 Å². The number of nitriles is 1. The summed E-state index contributed by atoms with van der Waals surface area (Å²) in [5.74, 6) is -0.919. The molecule has 0 saturated carbocycles. The number of rotatable bonds is 10. The van der Waals surface area contributed by atoms with Crippen molar-refractivity contribution in [2.45, 2.75) is 6.92 Å². The zero-order chi connectivity index (χ0) is 27.8. The maximum Gasteiger partial charge on any atom is 0.318 e. The molecule has 38 heavy (non-hydrogen) atoms. The smallest absolute Gasteiger partial charge is 0.318 e. The van der Waals surface area contributed by atoms with E-state index in [1.165, 1.54) is 42.5 Å². The molecule has 0 radical (unpaired) electrons. The van der Waals surface area contributed by atoms with Crippen molar-refractivity contribution < 1.29 is 29.0 Å². The Labute approximate surface area is 213 Å². The Balaban J connectivity index is 1.90. The van der Waals surface area contributed by atoms with Gasteiger partial charge in [0.05, 0.1) is 27.4 Å². The van der Waals surface area contributed by atoms with E-state index in [-0.39, 0.29) is 40.8 Å². The second-order valence-corrected chi connectivity index (χ2v) is 7.34. The Hall–Kier alpha value is -5.84. The van der Waals surface area contributed by atoms with Crippen LogP contribution in [0.5, 0.6) is 17.2 Å². The molecule has 0 spiro atoms. The Morgan fingerprint density at radius 1 is 0.921 bits per heavy atom. The monoisotopic (exact) mass is 519 g/mol. The molecule has 1 N–H and O–H groups in total. The Kier molecular flexibility index (Phi) is 8.26. The van der Waals surface area contributed by atoms with Gasteiger partial charge in [-0.2, -0.15) is 5.26 Å². The fourth-order valence-corrected chi connectivity index (χ4v) is 3.14. The fourth-order valence-electron chi connectivity index (χ4n) is 3.14. The third-order valence-corrected chi connectivity index (χ3v) is 4.83. The van der Waals surface area contributed by atoms with Gasteiger partial charge in [-0.1, -0.05) is 12.1 Å². The van der Waals surface area contributed by atoms with Gasteiger partial charge in [-0.05, 0) is 42.8 Å². The van der Waals surface area contributed by atoms with Gasteiger partial charge in [0, 0.05) is 23.9 Å². The van der Waals surface area contributed by atoms with Gasteiger partial charge in [0.25, 0.3) is 17.3 Å². The SMILES string of the molecule is CCOc1cc(/C=C(\C#N)C(=O)Nc2cccc([N+](=O)[O-])c2)ccc1Oc1ccc([N+](=O)[O-])cc1[N+](=O)[O-]. The summed E-state index contributed by atoms with van der Waals surface area (Å²) in [5, 5.41) is 45.2. The Bertz CT molecular complexity index is 1510. The van der Waals surface area contributed by atoms with Crippen LogP contribution < -0.4 is 14.8 Å². The highest BCUT2D eigenvalue weighted by Gasteiger charge is 2.22. The maximum absolute atomic E-state index is 12.6. The van der Waals surface area contributed by atoms with Gasteiger partial charge in [0.2, 0.25) is 5.75 Å². The van der Waals surface area contributed by atoms with E-state index in [0.29, 0.717) is 5.56 Å². The van der Waals surface area contributed by atoms with Crippen LogP contribution in [-0.2, 0) is 4.79 Å². The van der Waals surface area contributed by atoms with Crippen LogP contribution in [-0.4, -0.2) is 27.3 Å². The zero-order valence-corrected chi connectivity index (χ0v) is 19.5. The number of anilines is 1. The van der Waals surface area contributed by atoms with Crippen molar-refractivity contribution in [2.75, 3.05) is 11.9 Å². The van der Waals surface area contributed by atoms with E-state index < -0.39 is 32.1 Å². The molecule has 1 amide bonds. The van der Waals surface area contributed by atoms with Crippen LogP contribution in [0.15, 0.2) is 66.2 Å². The highest BCUT2D eigenvalue weighted by atomic mass is 16.6. The number of non-ortho nitro benzene ring substituents is 2. The van der Waals surface area contributed by atoms with Crippen molar-refractivity contribution >= 4 is 34.7 Å². The van der Waals surface area contributed by atoms with Gasteiger partial charge < -0.3 is 14.8 Å². The molecular formula is C24H17N5O9. The highest BCUT2D eigenvalue weighted by molar-refractivity contribution is 6.09. The molecular weight excluding hydrogens is 502 g/mol. The number of nitrogens with one attached hydrogen (secondary N) is 1. The second kappa shape index (κ2) is 11.7. The molecule has 0 bridgehead atoms. The van der Waals surface area contributed by atoms with Gasteiger partial charge in [0.15, 0.2) is 11.5 Å². The summed E-state index contributed by atoms with van der Waals surface area (Å²) in [6, 6.07) is 14.1. The van der Waals surface area contributed by atoms with Crippen molar-refractivity contribution in [3.63, 3.8) is 0 Å². The summed E-state index contributed by atoms with van der Waals surface area (Å²) in [4.78, 5) is 43.7. The number of carbonyl (C=O) groups excluding carboxylic acids is 1. The van der Waals surface area contributed by atoms with Crippen molar-refractivity contribution in [2.24, 2.45) is 0 Å². The third-order valence-electron chi connectivity index (χ3n) is 4.83. The van der Waals surface area contributed by atoms with Gasteiger partial charge in [-0.25, -0.2) is 0 Å². The second-order valence-electron chi connectivity index (χ2n) is 7.34. The fraction of sp³-hybridized carbons (Fsp3) is 0.0833. The Morgan fingerprint density at radius 2 is 1.61 bits per heavy atom. The molecule has 0 aliphatic heterocycles. The molecule has 0 aliphatic carbocycles. The zero-order valence-electron chi connectivity index (χ0n) is 19.5. The molecule has 0 aromatic heterocycles. The normalized spacial score (nSPS) is 10.7. The standard InChI is InChI=1S/C24H17N5O9/c1-2-37-23-11-15(10-16(14-25)24(30)26-17-4-3-5-18(12-17)27(31)32)6-8-22(23)38-21-9-7-19(28(33)34)13-20(21)29(35)36/h3-13H,2H2,1H3,(H,26,30)/b16-10+. The number of nitro groups is 3. The summed E-state index contributed by atoms with van der Waals surface area (Å²) in [5.41, 5.74) is -1.22. The highest BCUT2D eigenvalue weighted by Crippen LogP contribution is 2.38. The molecule has 0 aliphatic rings. The topological polar surface area (TPSA) is 201 Å². The molecule has 0 atom stereocenters. The van der Waals surface area contributed by atoms with Crippen LogP contribution in [0.4, 0.5) is 22.7 Å². The molecule has 0 fully saturated rings. The first kappa shape index (κ1) is 26.8. The lowest BCUT2D eigenvalue weighted by molar-refractivity contribution is -0.394. The molecule has 0 unspecified atom stereocenters. The predicted octanol–water partition coefficient (Wildman–Crippen LogP) is 5.15. The van der Waals surface area contributed by atoms with E-state index in [1.807, 2.05) is 0 Å². The first-order valence-corrected chi connectivity index (χ1v) is 10.7. The van der Waals surface area contributed by atoms with E-state index in [4.69, 9.17) is 9.47 Å². The largest absolute Gasteiger partial charge is 0.490 e. The predicted molar refractivity (Wildman–Crippen MR) is 133 cm³/mol. The lowest BCUT2D eigenvalue weighted by atomic mass is 10.1. The average Bonchev–Trinajstić information content (AvgIpc) is 2.88. The summed E-state index contributed by atoms with van der Waals surface area (Å²) < 4.78 is 11.2. The number of nitrogens with zero attached hydrogens (tertiary/aromatic N) is 4. The third kappa shape index (κ3) is 6.43. The van der Waals surface area contributed by atoms with Gasteiger partial charge in [-0.15, -0.1) is 0 Å². The lowest BCUT2D eigenvalue weighted by Crippen LogP contribution is -2.13. The van der Waals surface area contributed by atoms with Gasteiger partial charge in [-0.3, -0.25) is 35.1 Å². The minimum Gasteiger partial charge on any atom is -0.490 e. The first-order chi connectivity index (χ1) is 18.1. The van der Waals surface area contributed by atoms with Crippen LogP contribution >= 0.6 is 0 Å². The molecule has 3 rings (SSSR count). The number of benzene rings is 3. The van der Waals surface area contributed by atoms with Crippen LogP contribution in [0.2, 0.25) is 0 Å². The molecule has 0 heterocycles. The van der Waals surface area contributed by atoms with Crippen molar-refractivity contribution in [3.8, 4) is 23.3 Å². The summed E-state index contributed by atoms with van der Waals surface area (Å²) >= 11 is 0. The van der Waals surface area contributed by atoms with Gasteiger partial charge >= 0.3 is 5.69 Å². The van der Waals surface area contributed by atoms with Crippen LogP contribution in [0.1, 0.15) is 12.5 Å². The van der Waals surface area contributed by atoms with Crippen LogP contribution in [0.3, 0.4) is 0 Å². The molecule has 192 valence electrons. The number of hydrogen-bond donors (Lipinski definition) is 1. The molecule has 14 heteroatoms. The van der Waals surface area contributed by atoms with E-state index in [0.717, 1.165) is 24.3 Å². The molecule has 3 aromatic rings. The molecule has 14 nitrogen and oxygen atoms in total. The number of carbonyl (C=O) groups is 1. The number of amides is 1. The number of nitro benzene ring substituents is 3. The molecule has 3 aromatic carbocycles. The lowest BCUT2D eigenvalue weighted by Gasteiger charge is -2.12. The minimum absolute atomic E-state index is 0.0421. The molecule has 0 saturated heterocycles. The number of ether oxygens (including phenoxy) is 2. The minimum atomic E-state index is -0.820. The van der Waals surface area contributed by atoms with Gasteiger partial charge in [0.1, 0.15) is 11.6 Å². The van der Waals surface area contributed by atoms with E-state index in [1.54, 1.807) is 13.0 Å². The van der Waals surface area contributed by atoms with Crippen LogP contribution in [0.25, 0.3) is 6.08 Å². The van der Waals surface area contributed by atoms with E-state index in [2.05, 4.69) is 5.32 Å². The maximum atomic E-state index is 12.6. The van der Waals surface area contributed by atoms with Crippen LogP contribution in [0, 0.1) is 41.7 Å². The van der Waals surface area contributed by atoms with Crippen molar-refractivity contribution in [3.05, 3.63) is 102 Å². The Morgan fingerprint density at radius 3 is 2.24 bits per heavy atom. The van der Waals surface area contributed by atoms with E-state index >= 15 is 0 Å². The summed E-state index contributed by atoms with van der Waals surface area (Å²) in [6.07, 6.45) is 1.24. The summed E-state index contributed by atoms with van der Waals surface area (Å²) in [6.45, 7) is 1.85. The average molecular weight is 519 g/mol. The number of hydrogen-bond acceptors (Lipinski definition) is 10. The first-order valence-electron chi connectivity index (χ1n) is 10.7. The van der Waals surface area contributed by atoms with Crippen molar-refractivity contribution in [1.82, 2.24) is 0 Å². The van der Waals surface area contributed by atoms with E-state index in [9.17, 15) is 40.4 Å². The quantitative estimate of drug-likeness (QED) is 0.161. The summed E-state index contributed by atoms with van der Waals surface area (Å²) in [7, 11) is 0.